The normalized spacial score (nSPS) is 23.6. The summed E-state index contributed by atoms with van der Waals surface area (Å²) < 4.78 is 0. The molecule has 1 aromatic heterocycles. The van der Waals surface area contributed by atoms with Crippen LogP contribution in [0.15, 0.2) is 17.5 Å². The molecule has 4 nitrogen and oxygen atoms in total. The second kappa shape index (κ2) is 5.56. The molecule has 1 unspecified atom stereocenters. The molecule has 2 saturated heterocycles. The van der Waals surface area contributed by atoms with Gasteiger partial charge in [-0.15, -0.1) is 11.3 Å². The zero-order valence-electron chi connectivity index (χ0n) is 11.7. The van der Waals surface area contributed by atoms with Gasteiger partial charge < -0.3 is 9.80 Å². The highest BCUT2D eigenvalue weighted by molar-refractivity contribution is 7.12. The minimum Gasteiger partial charge on any atom is -0.342 e. The molecule has 1 aromatic rings. The summed E-state index contributed by atoms with van der Waals surface area (Å²) in [5.74, 6) is 0.934. The van der Waals surface area contributed by atoms with E-state index in [0.29, 0.717) is 19.0 Å². The van der Waals surface area contributed by atoms with E-state index in [1.807, 2.05) is 22.4 Å². The monoisotopic (exact) mass is 292 g/mol. The summed E-state index contributed by atoms with van der Waals surface area (Å²) in [6.45, 7) is 5.14. The van der Waals surface area contributed by atoms with Crippen molar-refractivity contribution >= 4 is 23.2 Å². The SMILES string of the molecule is CC1CCCN(C(=O)C2CN(C(=O)c3cccs3)C2)C1. The fourth-order valence-corrected chi connectivity index (χ4v) is 3.70. The lowest BCUT2D eigenvalue weighted by molar-refractivity contribution is -0.141. The summed E-state index contributed by atoms with van der Waals surface area (Å²) in [4.78, 5) is 29.0. The van der Waals surface area contributed by atoms with Crippen LogP contribution in [0, 0.1) is 11.8 Å². The Kier molecular flexibility index (Phi) is 3.78. The molecule has 2 aliphatic heterocycles. The molecule has 3 rings (SSSR count). The average Bonchev–Trinajstić information content (AvgIpc) is 2.90. The van der Waals surface area contributed by atoms with E-state index < -0.39 is 0 Å². The van der Waals surface area contributed by atoms with Gasteiger partial charge >= 0.3 is 0 Å². The summed E-state index contributed by atoms with van der Waals surface area (Å²) in [7, 11) is 0. The number of likely N-dealkylation sites (tertiary alicyclic amines) is 2. The molecule has 0 N–H and O–H groups in total. The van der Waals surface area contributed by atoms with E-state index in [-0.39, 0.29) is 17.7 Å². The van der Waals surface area contributed by atoms with E-state index in [4.69, 9.17) is 0 Å². The van der Waals surface area contributed by atoms with Gasteiger partial charge in [0.15, 0.2) is 0 Å². The van der Waals surface area contributed by atoms with Crippen LogP contribution in [0.2, 0.25) is 0 Å². The summed E-state index contributed by atoms with van der Waals surface area (Å²) in [6.07, 6.45) is 2.33. The van der Waals surface area contributed by atoms with Crippen molar-refractivity contribution in [1.82, 2.24) is 9.80 Å². The van der Waals surface area contributed by atoms with Crippen molar-refractivity contribution < 1.29 is 9.59 Å². The molecule has 0 bridgehead atoms. The zero-order chi connectivity index (χ0) is 14.1. The molecule has 0 aromatic carbocycles. The first-order valence-corrected chi connectivity index (χ1v) is 8.14. The number of rotatable bonds is 2. The number of thiophene rings is 1. The number of carbonyl (C=O) groups is 2. The summed E-state index contributed by atoms with van der Waals surface area (Å²) >= 11 is 1.46. The van der Waals surface area contributed by atoms with E-state index in [2.05, 4.69) is 6.92 Å². The van der Waals surface area contributed by atoms with Gasteiger partial charge in [-0.25, -0.2) is 0 Å². The number of piperidine rings is 1. The quantitative estimate of drug-likeness (QED) is 0.837. The van der Waals surface area contributed by atoms with Gasteiger partial charge in [-0.2, -0.15) is 0 Å². The Labute approximate surface area is 123 Å². The lowest BCUT2D eigenvalue weighted by Crippen LogP contribution is -2.57. The molecule has 0 spiro atoms. The van der Waals surface area contributed by atoms with E-state index in [1.54, 1.807) is 4.90 Å². The molecular weight excluding hydrogens is 272 g/mol. The third-order valence-electron chi connectivity index (χ3n) is 4.22. The molecule has 108 valence electrons. The Hall–Kier alpha value is -1.36. The molecule has 3 heterocycles. The van der Waals surface area contributed by atoms with E-state index >= 15 is 0 Å². The van der Waals surface area contributed by atoms with Crippen molar-refractivity contribution in [1.29, 1.82) is 0 Å². The molecule has 0 aliphatic carbocycles. The number of nitrogens with zero attached hydrogens (tertiary/aromatic N) is 2. The van der Waals surface area contributed by atoms with Gasteiger partial charge in [0.25, 0.3) is 5.91 Å². The summed E-state index contributed by atoms with van der Waals surface area (Å²) in [5, 5.41) is 1.91. The maximum Gasteiger partial charge on any atom is 0.263 e. The van der Waals surface area contributed by atoms with Crippen LogP contribution in [0.3, 0.4) is 0 Å². The fourth-order valence-electron chi connectivity index (χ4n) is 3.00. The van der Waals surface area contributed by atoms with Gasteiger partial charge in [0.1, 0.15) is 0 Å². The van der Waals surface area contributed by atoms with Crippen LogP contribution in [-0.4, -0.2) is 47.8 Å². The fraction of sp³-hybridized carbons (Fsp3) is 0.600. The van der Waals surface area contributed by atoms with Crippen molar-refractivity contribution in [3.05, 3.63) is 22.4 Å². The van der Waals surface area contributed by atoms with Gasteiger partial charge in [-0.1, -0.05) is 13.0 Å². The largest absolute Gasteiger partial charge is 0.342 e. The number of amides is 2. The van der Waals surface area contributed by atoms with Crippen molar-refractivity contribution in [2.45, 2.75) is 19.8 Å². The molecule has 2 amide bonds. The molecule has 0 radical (unpaired) electrons. The van der Waals surface area contributed by atoms with Gasteiger partial charge in [0, 0.05) is 26.2 Å². The van der Waals surface area contributed by atoms with Crippen molar-refractivity contribution in [2.24, 2.45) is 11.8 Å². The predicted molar refractivity (Wildman–Crippen MR) is 78.7 cm³/mol. The Morgan fingerprint density at radius 3 is 2.70 bits per heavy atom. The van der Waals surface area contributed by atoms with Crippen LogP contribution >= 0.6 is 11.3 Å². The third-order valence-corrected chi connectivity index (χ3v) is 5.08. The second-order valence-corrected chi connectivity index (χ2v) is 6.86. The number of hydrogen-bond acceptors (Lipinski definition) is 3. The van der Waals surface area contributed by atoms with Crippen LogP contribution in [-0.2, 0) is 4.79 Å². The highest BCUT2D eigenvalue weighted by Crippen LogP contribution is 2.25. The predicted octanol–water partition coefficient (Wildman–Crippen LogP) is 2.08. The lowest BCUT2D eigenvalue weighted by Gasteiger charge is -2.42. The van der Waals surface area contributed by atoms with Gasteiger partial charge in [-0.05, 0) is 30.2 Å². The van der Waals surface area contributed by atoms with Crippen LogP contribution in [0.5, 0.6) is 0 Å². The summed E-state index contributed by atoms with van der Waals surface area (Å²) in [6, 6.07) is 3.73. The van der Waals surface area contributed by atoms with Crippen LogP contribution in [0.4, 0.5) is 0 Å². The maximum absolute atomic E-state index is 12.4. The smallest absolute Gasteiger partial charge is 0.263 e. The van der Waals surface area contributed by atoms with Crippen LogP contribution in [0.1, 0.15) is 29.4 Å². The molecule has 0 saturated carbocycles. The highest BCUT2D eigenvalue weighted by atomic mass is 32.1. The Balaban J connectivity index is 1.52. The zero-order valence-corrected chi connectivity index (χ0v) is 12.6. The standard InChI is InChI=1S/C15H20N2O2S/c1-11-4-2-6-16(8-11)14(18)12-9-17(10-12)15(19)13-5-3-7-20-13/h3,5,7,11-12H,2,4,6,8-10H2,1H3. The second-order valence-electron chi connectivity index (χ2n) is 5.92. The molecule has 2 fully saturated rings. The Morgan fingerprint density at radius 1 is 1.25 bits per heavy atom. The Bertz CT molecular complexity index is 494. The minimum absolute atomic E-state index is 0.0178. The average molecular weight is 292 g/mol. The number of carbonyl (C=O) groups excluding carboxylic acids is 2. The van der Waals surface area contributed by atoms with Gasteiger partial charge in [-0.3, -0.25) is 9.59 Å². The van der Waals surface area contributed by atoms with Crippen LogP contribution in [0.25, 0.3) is 0 Å². The first kappa shape index (κ1) is 13.6. The lowest BCUT2D eigenvalue weighted by atomic mass is 9.94. The number of hydrogen-bond donors (Lipinski definition) is 0. The molecular formula is C15H20N2O2S. The topological polar surface area (TPSA) is 40.6 Å². The molecule has 2 aliphatic rings. The molecule has 1 atom stereocenters. The summed E-state index contributed by atoms with van der Waals surface area (Å²) in [5.41, 5.74) is 0. The van der Waals surface area contributed by atoms with E-state index in [0.717, 1.165) is 24.4 Å². The van der Waals surface area contributed by atoms with E-state index in [1.165, 1.54) is 17.8 Å². The maximum atomic E-state index is 12.4. The molecule has 20 heavy (non-hydrogen) atoms. The first-order chi connectivity index (χ1) is 9.65. The van der Waals surface area contributed by atoms with Gasteiger partial charge in [0.05, 0.1) is 10.8 Å². The van der Waals surface area contributed by atoms with Crippen molar-refractivity contribution in [3.63, 3.8) is 0 Å². The van der Waals surface area contributed by atoms with Crippen molar-refractivity contribution in [2.75, 3.05) is 26.2 Å². The Morgan fingerprint density at radius 2 is 2.05 bits per heavy atom. The van der Waals surface area contributed by atoms with Crippen LogP contribution < -0.4 is 0 Å². The third kappa shape index (κ3) is 2.59. The highest BCUT2D eigenvalue weighted by Gasteiger charge is 2.39. The molecule has 5 heteroatoms. The van der Waals surface area contributed by atoms with E-state index in [9.17, 15) is 9.59 Å². The minimum atomic E-state index is 0.0178. The van der Waals surface area contributed by atoms with Gasteiger partial charge in [0.2, 0.25) is 5.91 Å². The first-order valence-electron chi connectivity index (χ1n) is 7.26. The van der Waals surface area contributed by atoms with Crippen molar-refractivity contribution in [3.8, 4) is 0 Å².